The summed E-state index contributed by atoms with van der Waals surface area (Å²) in [5, 5.41) is 3.16. The van der Waals surface area contributed by atoms with Gasteiger partial charge in [0.15, 0.2) is 0 Å². The molecule has 1 aliphatic carbocycles. The molecule has 2 heterocycles. The van der Waals surface area contributed by atoms with Crippen LogP contribution < -0.4 is 5.32 Å². The molecule has 2 aromatic rings. The molecule has 1 fully saturated rings. The summed E-state index contributed by atoms with van der Waals surface area (Å²) in [6, 6.07) is 3.95. The molecule has 0 bridgehead atoms. The second kappa shape index (κ2) is 6.91. The predicted molar refractivity (Wildman–Crippen MR) is 87.4 cm³/mol. The first kappa shape index (κ1) is 15.7. The maximum absolute atomic E-state index is 12.4. The third-order valence-corrected chi connectivity index (χ3v) is 4.14. The monoisotopic (exact) mass is 313 g/mol. The molecule has 6 heteroatoms. The van der Waals surface area contributed by atoms with Gasteiger partial charge in [-0.15, -0.1) is 0 Å². The Morgan fingerprint density at radius 3 is 2.91 bits per heavy atom. The number of aryl methyl sites for hydroxylation is 1. The summed E-state index contributed by atoms with van der Waals surface area (Å²) < 4.78 is 1.99. The first-order valence-corrected chi connectivity index (χ1v) is 7.97. The highest BCUT2D eigenvalue weighted by atomic mass is 16.2. The second-order valence-electron chi connectivity index (χ2n) is 6.31. The fourth-order valence-electron chi connectivity index (χ4n) is 2.82. The first-order chi connectivity index (χ1) is 11.1. The minimum atomic E-state index is 0.0225. The minimum Gasteiger partial charge on any atom is -0.345 e. The van der Waals surface area contributed by atoms with Gasteiger partial charge in [0.1, 0.15) is 5.82 Å². The van der Waals surface area contributed by atoms with Crippen molar-refractivity contribution in [3.63, 3.8) is 0 Å². The molecule has 2 aromatic heterocycles. The number of rotatable bonds is 7. The molecular weight excluding hydrogens is 290 g/mol. The molecule has 0 aromatic carbocycles. The zero-order valence-electron chi connectivity index (χ0n) is 13.6. The lowest BCUT2D eigenvalue weighted by Crippen LogP contribution is -2.38. The van der Waals surface area contributed by atoms with Crippen molar-refractivity contribution < 1.29 is 4.79 Å². The Morgan fingerprint density at radius 2 is 2.30 bits per heavy atom. The molecule has 1 N–H and O–H groups in total. The normalized spacial score (nSPS) is 15.6. The number of carbonyl (C=O) groups is 1. The molecule has 1 atom stereocenters. The minimum absolute atomic E-state index is 0.0225. The molecule has 3 rings (SSSR count). The zero-order chi connectivity index (χ0) is 16.2. The number of likely N-dealkylation sites (N-methyl/N-ethyl adjacent to an activating group) is 1. The molecule has 1 aliphatic rings. The van der Waals surface area contributed by atoms with E-state index in [9.17, 15) is 4.79 Å². The van der Waals surface area contributed by atoms with Gasteiger partial charge in [-0.05, 0) is 37.4 Å². The largest absolute Gasteiger partial charge is 0.345 e. The van der Waals surface area contributed by atoms with Gasteiger partial charge in [-0.1, -0.05) is 6.07 Å². The Balaban J connectivity index is 1.56. The summed E-state index contributed by atoms with van der Waals surface area (Å²) >= 11 is 0. The topological polar surface area (TPSA) is 63.1 Å². The average molecular weight is 313 g/mol. The number of hydrogen-bond donors (Lipinski definition) is 1. The predicted octanol–water partition coefficient (Wildman–Crippen LogP) is 1.51. The molecule has 0 spiro atoms. The van der Waals surface area contributed by atoms with Crippen LogP contribution in [0.25, 0.3) is 0 Å². The molecular formula is C17H23N5O. The molecule has 6 nitrogen and oxygen atoms in total. The van der Waals surface area contributed by atoms with E-state index in [2.05, 4.69) is 15.3 Å². The third-order valence-electron chi connectivity index (χ3n) is 4.14. The van der Waals surface area contributed by atoms with E-state index in [1.54, 1.807) is 12.4 Å². The summed E-state index contributed by atoms with van der Waals surface area (Å²) in [4.78, 5) is 22.9. The standard InChI is InChI=1S/C17H23N5O/c1-21(11-13-4-3-7-18-10-13)12-15(23)20-16(14-5-6-14)17-19-8-9-22(17)2/h3-4,7-10,14,16H,5-6,11-12H2,1-2H3,(H,20,23). The van der Waals surface area contributed by atoms with E-state index in [4.69, 9.17) is 0 Å². The summed E-state index contributed by atoms with van der Waals surface area (Å²) in [6.45, 7) is 1.07. The molecule has 1 unspecified atom stereocenters. The summed E-state index contributed by atoms with van der Waals surface area (Å²) in [7, 11) is 3.91. The molecule has 122 valence electrons. The van der Waals surface area contributed by atoms with E-state index < -0.39 is 0 Å². The van der Waals surface area contributed by atoms with Gasteiger partial charge < -0.3 is 9.88 Å². The SMILES string of the molecule is CN(CC(=O)NC(c1nccn1C)C1CC1)Cc1cccnc1. The summed E-state index contributed by atoms with van der Waals surface area (Å²) in [5.41, 5.74) is 1.10. The molecule has 0 aliphatic heterocycles. The second-order valence-corrected chi connectivity index (χ2v) is 6.31. The van der Waals surface area contributed by atoms with Gasteiger partial charge in [0.2, 0.25) is 5.91 Å². The van der Waals surface area contributed by atoms with Crippen molar-refractivity contribution in [2.75, 3.05) is 13.6 Å². The van der Waals surface area contributed by atoms with Crippen molar-refractivity contribution in [1.82, 2.24) is 24.8 Å². The maximum Gasteiger partial charge on any atom is 0.234 e. The van der Waals surface area contributed by atoms with E-state index in [0.29, 0.717) is 19.0 Å². The van der Waals surface area contributed by atoms with Gasteiger partial charge in [-0.3, -0.25) is 14.7 Å². The van der Waals surface area contributed by atoms with Crippen molar-refractivity contribution in [2.45, 2.75) is 25.4 Å². The van der Waals surface area contributed by atoms with Gasteiger partial charge in [-0.2, -0.15) is 0 Å². The van der Waals surface area contributed by atoms with Gasteiger partial charge in [0, 0.05) is 38.4 Å². The number of carbonyl (C=O) groups excluding carboxylic acids is 1. The fraction of sp³-hybridized carbons (Fsp3) is 0.471. The fourth-order valence-corrected chi connectivity index (χ4v) is 2.82. The van der Waals surface area contributed by atoms with E-state index >= 15 is 0 Å². The number of amides is 1. The summed E-state index contributed by atoms with van der Waals surface area (Å²) in [5.74, 6) is 1.50. The van der Waals surface area contributed by atoms with Gasteiger partial charge >= 0.3 is 0 Å². The van der Waals surface area contributed by atoms with Crippen LogP contribution >= 0.6 is 0 Å². The Bertz CT molecular complexity index is 650. The average Bonchev–Trinajstić information content (AvgIpc) is 3.27. The molecule has 1 amide bonds. The van der Waals surface area contributed by atoms with E-state index in [0.717, 1.165) is 24.2 Å². The highest BCUT2D eigenvalue weighted by Crippen LogP contribution is 2.40. The highest BCUT2D eigenvalue weighted by Gasteiger charge is 2.35. The van der Waals surface area contributed by atoms with E-state index in [1.807, 2.05) is 48.1 Å². The van der Waals surface area contributed by atoms with E-state index in [-0.39, 0.29) is 11.9 Å². The lowest BCUT2D eigenvalue weighted by Gasteiger charge is -2.21. The maximum atomic E-state index is 12.4. The third kappa shape index (κ3) is 4.16. The quantitative estimate of drug-likeness (QED) is 0.842. The van der Waals surface area contributed by atoms with Crippen LogP contribution in [-0.4, -0.2) is 38.9 Å². The summed E-state index contributed by atoms with van der Waals surface area (Å²) in [6.07, 6.45) is 9.60. The van der Waals surface area contributed by atoms with Gasteiger partial charge in [0.05, 0.1) is 12.6 Å². The number of hydrogen-bond acceptors (Lipinski definition) is 4. The lowest BCUT2D eigenvalue weighted by molar-refractivity contribution is -0.123. The first-order valence-electron chi connectivity index (χ1n) is 7.97. The molecule has 0 radical (unpaired) electrons. The highest BCUT2D eigenvalue weighted by molar-refractivity contribution is 5.78. The smallest absolute Gasteiger partial charge is 0.234 e. The molecule has 1 saturated carbocycles. The van der Waals surface area contributed by atoms with Crippen LogP contribution in [0.15, 0.2) is 36.9 Å². The van der Waals surface area contributed by atoms with Crippen LogP contribution in [0.4, 0.5) is 0 Å². The van der Waals surface area contributed by atoms with E-state index in [1.165, 1.54) is 0 Å². The number of pyridine rings is 1. The van der Waals surface area contributed by atoms with Crippen molar-refractivity contribution in [2.24, 2.45) is 13.0 Å². The molecule has 23 heavy (non-hydrogen) atoms. The van der Waals surface area contributed by atoms with Crippen LogP contribution in [0.2, 0.25) is 0 Å². The number of aromatic nitrogens is 3. The Labute approximate surface area is 136 Å². The van der Waals surface area contributed by atoms with Gasteiger partial charge in [0.25, 0.3) is 0 Å². The number of nitrogens with zero attached hydrogens (tertiary/aromatic N) is 4. The van der Waals surface area contributed by atoms with Crippen molar-refractivity contribution >= 4 is 5.91 Å². The van der Waals surface area contributed by atoms with Crippen LogP contribution in [0, 0.1) is 5.92 Å². The molecule has 0 saturated heterocycles. The van der Waals surface area contributed by atoms with Crippen LogP contribution in [0.5, 0.6) is 0 Å². The Kier molecular flexibility index (Phi) is 4.71. The Hall–Kier alpha value is -2.21. The van der Waals surface area contributed by atoms with Crippen molar-refractivity contribution in [3.8, 4) is 0 Å². The number of nitrogens with one attached hydrogen (secondary N) is 1. The Morgan fingerprint density at radius 1 is 1.48 bits per heavy atom. The van der Waals surface area contributed by atoms with Gasteiger partial charge in [-0.25, -0.2) is 4.98 Å². The van der Waals surface area contributed by atoms with Crippen LogP contribution in [0.3, 0.4) is 0 Å². The zero-order valence-corrected chi connectivity index (χ0v) is 13.6. The number of imidazole rings is 1. The lowest BCUT2D eigenvalue weighted by atomic mass is 10.1. The van der Waals surface area contributed by atoms with Crippen LogP contribution in [0.1, 0.15) is 30.3 Å². The van der Waals surface area contributed by atoms with Crippen LogP contribution in [-0.2, 0) is 18.4 Å². The van der Waals surface area contributed by atoms with Crippen molar-refractivity contribution in [3.05, 3.63) is 48.3 Å². The van der Waals surface area contributed by atoms with Crippen molar-refractivity contribution in [1.29, 1.82) is 0 Å².